The summed E-state index contributed by atoms with van der Waals surface area (Å²) in [5.41, 5.74) is 1.30. The molecule has 0 spiro atoms. The Labute approximate surface area is 95.8 Å². The van der Waals surface area contributed by atoms with Crippen molar-refractivity contribution in [2.75, 3.05) is 7.11 Å². The molecule has 0 aliphatic rings. The van der Waals surface area contributed by atoms with Crippen LogP contribution in [0.1, 0.15) is 12.5 Å². The molecule has 0 saturated carbocycles. The van der Waals surface area contributed by atoms with E-state index in [1.54, 1.807) is 18.4 Å². The fourth-order valence-corrected chi connectivity index (χ4v) is 3.24. The molecule has 0 saturated heterocycles. The predicted molar refractivity (Wildman–Crippen MR) is 65.5 cm³/mol. The molecule has 14 heavy (non-hydrogen) atoms. The summed E-state index contributed by atoms with van der Waals surface area (Å²) in [4.78, 5) is 0. The topological polar surface area (TPSA) is 9.23 Å². The van der Waals surface area contributed by atoms with Crippen LogP contribution in [-0.2, 0) is 6.42 Å². The van der Waals surface area contributed by atoms with Gasteiger partial charge in [0.1, 0.15) is 5.75 Å². The van der Waals surface area contributed by atoms with Gasteiger partial charge in [0.25, 0.3) is 0 Å². The molecule has 0 atom stereocenters. The summed E-state index contributed by atoms with van der Waals surface area (Å²) in [5, 5.41) is 1.31. The maximum Gasteiger partial charge on any atom is 0.122 e. The second kappa shape index (κ2) is 3.91. The molecule has 0 fully saturated rings. The summed E-state index contributed by atoms with van der Waals surface area (Å²) in [7, 11) is 1.72. The van der Waals surface area contributed by atoms with Crippen LogP contribution in [0.4, 0.5) is 0 Å². The van der Waals surface area contributed by atoms with Crippen LogP contribution in [0.5, 0.6) is 5.75 Å². The standard InChI is InChI=1S/C11H11BrOS/c1-3-7-8-6-11(12)14-10(8)5-4-9(7)13-2/h4-6H,3H2,1-2H3. The first-order chi connectivity index (χ1) is 6.76. The SMILES string of the molecule is CCc1c(OC)ccc2sc(Br)cc12. The first kappa shape index (κ1) is 9.99. The molecule has 0 amide bonds. The predicted octanol–water partition coefficient (Wildman–Crippen LogP) is 4.23. The van der Waals surface area contributed by atoms with Crippen molar-refractivity contribution in [1.29, 1.82) is 0 Å². The van der Waals surface area contributed by atoms with Crippen molar-refractivity contribution in [3.05, 3.63) is 27.5 Å². The summed E-state index contributed by atoms with van der Waals surface area (Å²) in [6, 6.07) is 6.33. The molecule has 1 aromatic heterocycles. The molecule has 74 valence electrons. The summed E-state index contributed by atoms with van der Waals surface area (Å²) in [6.07, 6.45) is 1.00. The highest BCUT2D eigenvalue weighted by molar-refractivity contribution is 9.11. The molecule has 1 nitrogen and oxygen atoms in total. The maximum absolute atomic E-state index is 5.34. The van der Waals surface area contributed by atoms with Gasteiger partial charge in [0.05, 0.1) is 10.9 Å². The van der Waals surface area contributed by atoms with Gasteiger partial charge in [-0.15, -0.1) is 11.3 Å². The third kappa shape index (κ3) is 1.55. The number of ether oxygens (including phenoxy) is 1. The minimum Gasteiger partial charge on any atom is -0.496 e. The highest BCUT2D eigenvalue weighted by atomic mass is 79.9. The van der Waals surface area contributed by atoms with Crippen molar-refractivity contribution < 1.29 is 4.74 Å². The van der Waals surface area contributed by atoms with Gasteiger partial charge < -0.3 is 4.74 Å². The number of hydrogen-bond acceptors (Lipinski definition) is 2. The Morgan fingerprint density at radius 3 is 2.86 bits per heavy atom. The number of methoxy groups -OCH3 is 1. The number of halogens is 1. The van der Waals surface area contributed by atoms with Crippen molar-refractivity contribution >= 4 is 37.4 Å². The van der Waals surface area contributed by atoms with Crippen LogP contribution >= 0.6 is 27.3 Å². The van der Waals surface area contributed by atoms with E-state index in [0.717, 1.165) is 12.2 Å². The first-order valence-electron chi connectivity index (χ1n) is 4.51. The van der Waals surface area contributed by atoms with Gasteiger partial charge in [-0.3, -0.25) is 0 Å². The normalized spacial score (nSPS) is 10.8. The van der Waals surface area contributed by atoms with Crippen LogP contribution in [0, 0.1) is 0 Å². The Morgan fingerprint density at radius 1 is 1.43 bits per heavy atom. The average molecular weight is 271 g/mol. The molecule has 0 aliphatic carbocycles. The van der Waals surface area contributed by atoms with E-state index in [0.29, 0.717) is 0 Å². The van der Waals surface area contributed by atoms with Gasteiger partial charge in [-0.05, 0) is 40.5 Å². The minimum absolute atomic E-state index is 0.991. The second-order valence-electron chi connectivity index (χ2n) is 3.06. The summed E-state index contributed by atoms with van der Waals surface area (Å²) < 4.78 is 7.83. The number of thiophene rings is 1. The van der Waals surface area contributed by atoms with Crippen LogP contribution in [-0.4, -0.2) is 7.11 Å². The molecule has 3 heteroatoms. The highest BCUT2D eigenvalue weighted by Gasteiger charge is 2.08. The molecule has 0 radical (unpaired) electrons. The van der Waals surface area contributed by atoms with E-state index in [-0.39, 0.29) is 0 Å². The van der Waals surface area contributed by atoms with Crippen molar-refractivity contribution in [2.24, 2.45) is 0 Å². The summed E-state index contributed by atoms with van der Waals surface area (Å²) in [6.45, 7) is 2.16. The molecular weight excluding hydrogens is 260 g/mol. The number of benzene rings is 1. The lowest BCUT2D eigenvalue weighted by molar-refractivity contribution is 0.411. The van der Waals surface area contributed by atoms with Crippen LogP contribution < -0.4 is 4.74 Å². The zero-order chi connectivity index (χ0) is 10.1. The second-order valence-corrected chi connectivity index (χ2v) is 5.53. The molecule has 1 heterocycles. The van der Waals surface area contributed by atoms with E-state index >= 15 is 0 Å². The van der Waals surface area contributed by atoms with E-state index in [4.69, 9.17) is 4.74 Å². The van der Waals surface area contributed by atoms with E-state index in [1.807, 2.05) is 6.07 Å². The Bertz CT molecular complexity index is 462. The number of rotatable bonds is 2. The monoisotopic (exact) mass is 270 g/mol. The number of hydrogen-bond donors (Lipinski definition) is 0. The minimum atomic E-state index is 0.991. The third-order valence-corrected chi connectivity index (χ3v) is 3.92. The Balaban J connectivity index is 2.75. The number of fused-ring (bicyclic) bond motifs is 1. The van der Waals surface area contributed by atoms with Crippen LogP contribution in [0.15, 0.2) is 22.0 Å². The largest absolute Gasteiger partial charge is 0.496 e. The van der Waals surface area contributed by atoms with Crippen LogP contribution in [0.3, 0.4) is 0 Å². The number of aryl methyl sites for hydroxylation is 1. The van der Waals surface area contributed by atoms with Gasteiger partial charge in [0.2, 0.25) is 0 Å². The summed E-state index contributed by atoms with van der Waals surface area (Å²) >= 11 is 5.27. The van der Waals surface area contributed by atoms with Gasteiger partial charge in [-0.25, -0.2) is 0 Å². The lowest BCUT2D eigenvalue weighted by Crippen LogP contribution is -1.89. The Kier molecular flexibility index (Phi) is 2.79. The van der Waals surface area contributed by atoms with Gasteiger partial charge >= 0.3 is 0 Å². The van der Waals surface area contributed by atoms with E-state index in [2.05, 4.69) is 35.0 Å². The fourth-order valence-electron chi connectivity index (χ4n) is 1.67. The maximum atomic E-state index is 5.34. The first-order valence-corrected chi connectivity index (χ1v) is 6.12. The molecular formula is C11H11BrOS. The smallest absolute Gasteiger partial charge is 0.122 e. The van der Waals surface area contributed by atoms with Crippen molar-refractivity contribution in [3.8, 4) is 5.75 Å². The zero-order valence-corrected chi connectivity index (χ0v) is 10.5. The average Bonchev–Trinajstić information content (AvgIpc) is 2.56. The highest BCUT2D eigenvalue weighted by Crippen LogP contribution is 2.36. The Morgan fingerprint density at radius 2 is 2.21 bits per heavy atom. The van der Waals surface area contributed by atoms with Gasteiger partial charge in [-0.2, -0.15) is 0 Å². The van der Waals surface area contributed by atoms with E-state index < -0.39 is 0 Å². The molecule has 0 N–H and O–H groups in total. The molecule has 2 rings (SSSR count). The summed E-state index contributed by atoms with van der Waals surface area (Å²) in [5.74, 6) is 0.991. The lowest BCUT2D eigenvalue weighted by atomic mass is 10.1. The fraction of sp³-hybridized carbons (Fsp3) is 0.273. The van der Waals surface area contributed by atoms with Crippen LogP contribution in [0.25, 0.3) is 10.1 Å². The molecule has 1 aromatic carbocycles. The van der Waals surface area contributed by atoms with Gasteiger partial charge in [-0.1, -0.05) is 6.92 Å². The molecule has 2 aromatic rings. The van der Waals surface area contributed by atoms with Crippen LogP contribution in [0.2, 0.25) is 0 Å². The van der Waals surface area contributed by atoms with Gasteiger partial charge in [0, 0.05) is 15.6 Å². The molecule has 0 aliphatic heterocycles. The zero-order valence-electron chi connectivity index (χ0n) is 8.13. The lowest BCUT2D eigenvalue weighted by Gasteiger charge is -2.07. The van der Waals surface area contributed by atoms with E-state index in [1.165, 1.54) is 19.4 Å². The van der Waals surface area contributed by atoms with E-state index in [9.17, 15) is 0 Å². The van der Waals surface area contributed by atoms with Crippen molar-refractivity contribution in [2.45, 2.75) is 13.3 Å². The van der Waals surface area contributed by atoms with Crippen molar-refractivity contribution in [3.63, 3.8) is 0 Å². The molecule has 0 unspecified atom stereocenters. The van der Waals surface area contributed by atoms with Crippen molar-refractivity contribution in [1.82, 2.24) is 0 Å². The van der Waals surface area contributed by atoms with Gasteiger partial charge in [0.15, 0.2) is 0 Å². The quantitative estimate of drug-likeness (QED) is 0.794. The third-order valence-electron chi connectivity index (χ3n) is 2.31. The molecule has 0 bridgehead atoms. The Hall–Kier alpha value is -0.540.